The number of imidazole rings is 1. The third kappa shape index (κ3) is 4.17. The van der Waals surface area contributed by atoms with E-state index in [2.05, 4.69) is 46.5 Å². The molecule has 1 heterocycles. The van der Waals surface area contributed by atoms with Gasteiger partial charge in [0.05, 0.1) is 22.8 Å². The standard InChI is InChI=1S/C19H21N3OS/c1-13-7-9-15(10-8-13)11-24-12-18(23)20-14(2)19-21-16-5-3-4-6-17(16)22-19/h3-10,14H,11-12H2,1-2H3,(H,20,23)(H,21,22)/t14-/m0/s1. The van der Waals surface area contributed by atoms with Gasteiger partial charge in [0.1, 0.15) is 5.82 Å². The van der Waals surface area contributed by atoms with Crippen molar-refractivity contribution in [3.05, 3.63) is 65.5 Å². The maximum Gasteiger partial charge on any atom is 0.230 e. The van der Waals surface area contributed by atoms with Crippen LogP contribution in [0.2, 0.25) is 0 Å². The Morgan fingerprint density at radius 2 is 1.96 bits per heavy atom. The molecule has 124 valence electrons. The van der Waals surface area contributed by atoms with E-state index >= 15 is 0 Å². The number of amides is 1. The molecule has 0 aliphatic heterocycles. The van der Waals surface area contributed by atoms with Crippen molar-refractivity contribution in [2.75, 3.05) is 5.75 Å². The third-order valence-electron chi connectivity index (χ3n) is 3.82. The lowest BCUT2D eigenvalue weighted by Gasteiger charge is -2.11. The molecule has 1 aromatic heterocycles. The summed E-state index contributed by atoms with van der Waals surface area (Å²) < 4.78 is 0. The van der Waals surface area contributed by atoms with Crippen LogP contribution in [-0.2, 0) is 10.5 Å². The molecule has 5 heteroatoms. The van der Waals surface area contributed by atoms with Gasteiger partial charge in [0, 0.05) is 5.75 Å². The van der Waals surface area contributed by atoms with Crippen molar-refractivity contribution < 1.29 is 4.79 Å². The summed E-state index contributed by atoms with van der Waals surface area (Å²) in [6.07, 6.45) is 0. The summed E-state index contributed by atoms with van der Waals surface area (Å²) in [7, 11) is 0. The van der Waals surface area contributed by atoms with E-state index in [9.17, 15) is 4.79 Å². The predicted octanol–water partition coefficient (Wildman–Crippen LogP) is 3.98. The van der Waals surface area contributed by atoms with Crippen molar-refractivity contribution >= 4 is 28.7 Å². The Morgan fingerprint density at radius 3 is 2.71 bits per heavy atom. The number of para-hydroxylation sites is 2. The summed E-state index contributed by atoms with van der Waals surface area (Å²) in [5.74, 6) is 2.10. The SMILES string of the molecule is Cc1ccc(CSCC(=O)N[C@@H](C)c2nc3ccccc3[nH]2)cc1. The molecule has 24 heavy (non-hydrogen) atoms. The van der Waals surface area contributed by atoms with Gasteiger partial charge in [-0.1, -0.05) is 42.0 Å². The highest BCUT2D eigenvalue weighted by Crippen LogP contribution is 2.16. The first-order valence-corrected chi connectivity index (χ1v) is 9.14. The monoisotopic (exact) mass is 339 g/mol. The van der Waals surface area contributed by atoms with E-state index in [0.717, 1.165) is 22.6 Å². The Hall–Kier alpha value is -2.27. The molecule has 0 aliphatic carbocycles. The second-order valence-corrected chi connectivity index (χ2v) is 6.89. The van der Waals surface area contributed by atoms with E-state index in [1.54, 1.807) is 11.8 Å². The second-order valence-electron chi connectivity index (χ2n) is 5.91. The fraction of sp³-hybridized carbons (Fsp3) is 0.263. The summed E-state index contributed by atoms with van der Waals surface area (Å²) in [5.41, 5.74) is 4.40. The number of H-pyrrole nitrogens is 1. The molecule has 0 aliphatic rings. The summed E-state index contributed by atoms with van der Waals surface area (Å²) in [6, 6.07) is 16.1. The van der Waals surface area contributed by atoms with Gasteiger partial charge in [0.25, 0.3) is 0 Å². The quantitative estimate of drug-likeness (QED) is 0.714. The average Bonchev–Trinajstić information content (AvgIpc) is 3.01. The number of nitrogens with one attached hydrogen (secondary N) is 2. The van der Waals surface area contributed by atoms with Crippen LogP contribution < -0.4 is 5.32 Å². The first-order chi connectivity index (χ1) is 11.6. The van der Waals surface area contributed by atoms with E-state index in [1.807, 2.05) is 31.2 Å². The first-order valence-electron chi connectivity index (χ1n) is 7.99. The van der Waals surface area contributed by atoms with Crippen LogP contribution in [0.25, 0.3) is 11.0 Å². The fourth-order valence-electron chi connectivity index (χ4n) is 2.48. The molecule has 0 unspecified atom stereocenters. The highest BCUT2D eigenvalue weighted by Gasteiger charge is 2.13. The number of aromatic amines is 1. The Bertz CT molecular complexity index is 793. The van der Waals surface area contributed by atoms with Gasteiger partial charge in [-0.25, -0.2) is 4.98 Å². The summed E-state index contributed by atoms with van der Waals surface area (Å²) in [4.78, 5) is 19.9. The number of aryl methyl sites for hydroxylation is 1. The number of carbonyl (C=O) groups is 1. The van der Waals surface area contributed by atoms with Gasteiger partial charge in [0.2, 0.25) is 5.91 Å². The van der Waals surface area contributed by atoms with Crippen LogP contribution in [0.3, 0.4) is 0 Å². The summed E-state index contributed by atoms with van der Waals surface area (Å²) in [6.45, 7) is 4.02. The molecule has 0 bridgehead atoms. The van der Waals surface area contributed by atoms with E-state index in [0.29, 0.717) is 5.75 Å². The molecule has 0 radical (unpaired) electrons. The number of aromatic nitrogens is 2. The van der Waals surface area contributed by atoms with Crippen LogP contribution in [0, 0.1) is 6.92 Å². The average molecular weight is 339 g/mol. The van der Waals surface area contributed by atoms with Crippen LogP contribution in [0.5, 0.6) is 0 Å². The zero-order chi connectivity index (χ0) is 16.9. The number of carbonyl (C=O) groups excluding carboxylic acids is 1. The molecule has 0 saturated heterocycles. The van der Waals surface area contributed by atoms with Gasteiger partial charge < -0.3 is 10.3 Å². The minimum atomic E-state index is -0.134. The molecule has 3 rings (SSSR count). The molecular formula is C19H21N3OS. The number of thioether (sulfide) groups is 1. The highest BCUT2D eigenvalue weighted by atomic mass is 32.2. The summed E-state index contributed by atoms with van der Waals surface area (Å²) >= 11 is 1.62. The number of hydrogen-bond acceptors (Lipinski definition) is 3. The topological polar surface area (TPSA) is 57.8 Å². The Labute approximate surface area is 146 Å². The van der Waals surface area contributed by atoms with Crippen molar-refractivity contribution in [1.29, 1.82) is 0 Å². The molecule has 2 aromatic carbocycles. The molecule has 2 N–H and O–H groups in total. The van der Waals surface area contributed by atoms with E-state index in [4.69, 9.17) is 0 Å². The Morgan fingerprint density at radius 1 is 1.21 bits per heavy atom. The van der Waals surface area contributed by atoms with Gasteiger partial charge in [-0.15, -0.1) is 11.8 Å². The van der Waals surface area contributed by atoms with Crippen LogP contribution >= 0.6 is 11.8 Å². The number of nitrogens with zero attached hydrogens (tertiary/aromatic N) is 1. The molecular weight excluding hydrogens is 318 g/mol. The normalized spacial score (nSPS) is 12.2. The molecule has 0 fully saturated rings. The van der Waals surface area contributed by atoms with Crippen molar-refractivity contribution in [2.45, 2.75) is 25.6 Å². The number of rotatable bonds is 6. The van der Waals surface area contributed by atoms with Gasteiger partial charge in [-0.2, -0.15) is 0 Å². The molecule has 0 saturated carbocycles. The van der Waals surface area contributed by atoms with E-state index < -0.39 is 0 Å². The van der Waals surface area contributed by atoms with E-state index in [-0.39, 0.29) is 11.9 Å². The van der Waals surface area contributed by atoms with Gasteiger partial charge in [-0.05, 0) is 31.5 Å². The molecule has 4 nitrogen and oxygen atoms in total. The van der Waals surface area contributed by atoms with Crippen molar-refractivity contribution in [1.82, 2.24) is 15.3 Å². The molecule has 3 aromatic rings. The Kier molecular flexibility index (Phi) is 5.20. The zero-order valence-electron chi connectivity index (χ0n) is 13.9. The van der Waals surface area contributed by atoms with Crippen LogP contribution in [0.4, 0.5) is 0 Å². The first kappa shape index (κ1) is 16.6. The fourth-order valence-corrected chi connectivity index (χ4v) is 3.27. The molecule has 0 spiro atoms. The lowest BCUT2D eigenvalue weighted by Crippen LogP contribution is -2.28. The second kappa shape index (κ2) is 7.53. The minimum absolute atomic E-state index is 0.0278. The number of fused-ring (bicyclic) bond motifs is 1. The summed E-state index contributed by atoms with van der Waals surface area (Å²) in [5, 5.41) is 3.00. The van der Waals surface area contributed by atoms with Crippen LogP contribution in [-0.4, -0.2) is 21.6 Å². The lowest BCUT2D eigenvalue weighted by molar-refractivity contribution is -0.119. The van der Waals surface area contributed by atoms with E-state index in [1.165, 1.54) is 11.1 Å². The number of hydrogen-bond donors (Lipinski definition) is 2. The maximum absolute atomic E-state index is 12.1. The van der Waals surface area contributed by atoms with Crippen molar-refractivity contribution in [3.8, 4) is 0 Å². The van der Waals surface area contributed by atoms with Gasteiger partial charge >= 0.3 is 0 Å². The highest BCUT2D eigenvalue weighted by molar-refractivity contribution is 7.99. The Balaban J connectivity index is 1.49. The predicted molar refractivity (Wildman–Crippen MR) is 100.0 cm³/mol. The largest absolute Gasteiger partial charge is 0.346 e. The molecule has 1 amide bonds. The number of benzene rings is 2. The van der Waals surface area contributed by atoms with Crippen LogP contribution in [0.1, 0.15) is 29.9 Å². The third-order valence-corrected chi connectivity index (χ3v) is 4.82. The molecule has 1 atom stereocenters. The van der Waals surface area contributed by atoms with Gasteiger partial charge in [0.15, 0.2) is 0 Å². The van der Waals surface area contributed by atoms with Gasteiger partial charge in [-0.3, -0.25) is 4.79 Å². The zero-order valence-corrected chi connectivity index (χ0v) is 14.7. The smallest absolute Gasteiger partial charge is 0.230 e. The lowest BCUT2D eigenvalue weighted by atomic mass is 10.2. The van der Waals surface area contributed by atoms with Crippen molar-refractivity contribution in [3.63, 3.8) is 0 Å². The van der Waals surface area contributed by atoms with Crippen LogP contribution in [0.15, 0.2) is 48.5 Å². The minimum Gasteiger partial charge on any atom is -0.346 e. The van der Waals surface area contributed by atoms with Crippen molar-refractivity contribution in [2.24, 2.45) is 0 Å². The maximum atomic E-state index is 12.1.